The van der Waals surface area contributed by atoms with Gasteiger partial charge in [-0.05, 0) is 47.7 Å². The molecule has 0 fully saturated rings. The number of nitrogen functional groups attached to an aromatic ring is 1. The van der Waals surface area contributed by atoms with Gasteiger partial charge in [0.15, 0.2) is 0 Å². The number of aromatic nitrogens is 1. The molecule has 2 N–H and O–H groups in total. The van der Waals surface area contributed by atoms with Crippen molar-refractivity contribution >= 4 is 45.3 Å². The first kappa shape index (κ1) is 12.6. The Hall–Kier alpha value is -0.820. The number of nitrogens with two attached hydrogens (primary N) is 1. The molecule has 0 aliphatic carbocycles. The summed E-state index contributed by atoms with van der Waals surface area (Å²) in [5.74, 6) is 0. The van der Waals surface area contributed by atoms with Crippen molar-refractivity contribution in [2.24, 2.45) is 0 Å². The first-order valence-electron chi connectivity index (χ1n) is 5.23. The molecule has 0 spiro atoms. The van der Waals surface area contributed by atoms with E-state index >= 15 is 0 Å². The fourth-order valence-electron chi connectivity index (χ4n) is 1.61. The third-order valence-electron chi connectivity index (χ3n) is 2.61. The number of nitrogens with zero attached hydrogens (tertiary/aromatic N) is 2. The Bertz CT molecular complexity index is 524. The quantitative estimate of drug-likeness (QED) is 0.676. The summed E-state index contributed by atoms with van der Waals surface area (Å²) in [6.45, 7) is 2.93. The van der Waals surface area contributed by atoms with Crippen LogP contribution in [-0.4, -0.2) is 12.0 Å². The molecule has 5 heteroatoms. The lowest BCUT2D eigenvalue weighted by atomic mass is 10.2. The molecule has 0 aliphatic rings. The number of anilines is 2. The molecule has 0 atom stereocenters. The van der Waals surface area contributed by atoms with Crippen LogP contribution in [0.3, 0.4) is 0 Å². The zero-order chi connectivity index (χ0) is 12.4. The number of rotatable bonds is 3. The highest BCUT2D eigenvalue weighted by Gasteiger charge is 2.09. The largest absolute Gasteiger partial charge is 0.399 e. The summed E-state index contributed by atoms with van der Waals surface area (Å²) in [5.41, 5.74) is 10.8. The van der Waals surface area contributed by atoms with Crippen LogP contribution in [0.4, 0.5) is 11.4 Å². The van der Waals surface area contributed by atoms with E-state index in [1.165, 1.54) is 14.1 Å². The highest BCUT2D eigenvalue weighted by Crippen LogP contribution is 2.26. The lowest BCUT2D eigenvalue weighted by Crippen LogP contribution is -2.17. The van der Waals surface area contributed by atoms with Gasteiger partial charge < -0.3 is 10.6 Å². The average Bonchev–Trinajstić information content (AvgIpc) is 2.64. The number of aryl methyl sites for hydroxylation is 1. The normalized spacial score (nSPS) is 10.5. The topological polar surface area (TPSA) is 42.2 Å². The third kappa shape index (κ3) is 2.90. The standard InChI is InChI=1S/C12H14IN3S/c1-8-12(17-7-15-8)6-16(2)11-4-3-9(14)5-10(11)13/h3-5,7H,6,14H2,1-2H3. The molecule has 90 valence electrons. The number of benzene rings is 1. The van der Waals surface area contributed by atoms with E-state index in [4.69, 9.17) is 5.73 Å². The molecule has 0 radical (unpaired) electrons. The van der Waals surface area contributed by atoms with Crippen molar-refractivity contribution in [2.75, 3.05) is 17.7 Å². The van der Waals surface area contributed by atoms with Crippen LogP contribution in [0.2, 0.25) is 0 Å². The van der Waals surface area contributed by atoms with E-state index in [0.717, 1.165) is 17.9 Å². The maximum atomic E-state index is 5.76. The van der Waals surface area contributed by atoms with Gasteiger partial charge in [-0.15, -0.1) is 11.3 Å². The summed E-state index contributed by atoms with van der Waals surface area (Å²) >= 11 is 4.02. The second-order valence-electron chi connectivity index (χ2n) is 3.93. The number of thiazole rings is 1. The molecule has 0 amide bonds. The van der Waals surface area contributed by atoms with Crippen molar-refractivity contribution < 1.29 is 0 Å². The molecule has 3 nitrogen and oxygen atoms in total. The third-order valence-corrected chi connectivity index (χ3v) is 4.39. The van der Waals surface area contributed by atoms with Gasteiger partial charge in [-0.2, -0.15) is 0 Å². The van der Waals surface area contributed by atoms with E-state index in [9.17, 15) is 0 Å². The predicted octanol–water partition coefficient (Wildman–Crippen LogP) is 3.27. The van der Waals surface area contributed by atoms with Crippen molar-refractivity contribution in [1.82, 2.24) is 4.98 Å². The summed E-state index contributed by atoms with van der Waals surface area (Å²) < 4.78 is 1.17. The van der Waals surface area contributed by atoms with E-state index < -0.39 is 0 Å². The van der Waals surface area contributed by atoms with Crippen LogP contribution in [0.25, 0.3) is 0 Å². The molecule has 0 saturated carbocycles. The molecule has 1 aromatic heterocycles. The molecule has 2 rings (SSSR count). The molecule has 2 aromatic rings. The van der Waals surface area contributed by atoms with Gasteiger partial charge in [0.2, 0.25) is 0 Å². The van der Waals surface area contributed by atoms with Crippen molar-refractivity contribution in [3.05, 3.63) is 37.9 Å². The van der Waals surface area contributed by atoms with Crippen molar-refractivity contribution in [3.63, 3.8) is 0 Å². The molecule has 0 saturated heterocycles. The van der Waals surface area contributed by atoms with Gasteiger partial charge in [0.05, 0.1) is 23.4 Å². The van der Waals surface area contributed by atoms with Gasteiger partial charge in [-0.25, -0.2) is 4.98 Å². The number of hydrogen-bond donors (Lipinski definition) is 1. The molecule has 0 aliphatic heterocycles. The SMILES string of the molecule is Cc1ncsc1CN(C)c1ccc(N)cc1I. The van der Waals surface area contributed by atoms with E-state index in [-0.39, 0.29) is 0 Å². The van der Waals surface area contributed by atoms with Crippen LogP contribution in [0.5, 0.6) is 0 Å². The molecule has 0 bridgehead atoms. The summed E-state index contributed by atoms with van der Waals surface area (Å²) in [5, 5.41) is 0. The summed E-state index contributed by atoms with van der Waals surface area (Å²) in [4.78, 5) is 7.80. The Kier molecular flexibility index (Phi) is 3.88. The smallest absolute Gasteiger partial charge is 0.0798 e. The van der Waals surface area contributed by atoms with Gasteiger partial charge >= 0.3 is 0 Å². The van der Waals surface area contributed by atoms with Crippen molar-refractivity contribution in [1.29, 1.82) is 0 Å². The number of halogens is 1. The van der Waals surface area contributed by atoms with E-state index in [1.807, 2.05) is 24.6 Å². The molecule has 17 heavy (non-hydrogen) atoms. The van der Waals surface area contributed by atoms with Crippen LogP contribution < -0.4 is 10.6 Å². The van der Waals surface area contributed by atoms with Gasteiger partial charge in [-0.3, -0.25) is 0 Å². The van der Waals surface area contributed by atoms with Crippen LogP contribution >= 0.6 is 33.9 Å². The Morgan fingerprint density at radius 1 is 1.47 bits per heavy atom. The van der Waals surface area contributed by atoms with E-state index in [1.54, 1.807) is 11.3 Å². The van der Waals surface area contributed by atoms with Gasteiger partial charge in [0.1, 0.15) is 0 Å². The van der Waals surface area contributed by atoms with E-state index in [0.29, 0.717) is 0 Å². The summed E-state index contributed by atoms with van der Waals surface area (Å²) in [7, 11) is 2.09. The first-order valence-corrected chi connectivity index (χ1v) is 7.19. The van der Waals surface area contributed by atoms with E-state index in [2.05, 4.69) is 45.6 Å². The Labute approximate surface area is 119 Å². The maximum absolute atomic E-state index is 5.76. The lowest BCUT2D eigenvalue weighted by molar-refractivity contribution is 0.923. The molecule has 1 aromatic carbocycles. The Morgan fingerprint density at radius 2 is 2.24 bits per heavy atom. The Balaban J connectivity index is 2.20. The summed E-state index contributed by atoms with van der Waals surface area (Å²) in [6, 6.07) is 5.99. The maximum Gasteiger partial charge on any atom is 0.0798 e. The second kappa shape index (κ2) is 5.22. The minimum absolute atomic E-state index is 0.806. The predicted molar refractivity (Wildman–Crippen MR) is 82.5 cm³/mol. The minimum Gasteiger partial charge on any atom is -0.399 e. The zero-order valence-electron chi connectivity index (χ0n) is 9.77. The van der Waals surface area contributed by atoms with Gasteiger partial charge in [0.25, 0.3) is 0 Å². The van der Waals surface area contributed by atoms with Crippen molar-refractivity contribution in [3.8, 4) is 0 Å². The first-order chi connectivity index (χ1) is 8.08. The lowest BCUT2D eigenvalue weighted by Gasteiger charge is -2.20. The zero-order valence-corrected chi connectivity index (χ0v) is 12.7. The summed E-state index contributed by atoms with van der Waals surface area (Å²) in [6.07, 6.45) is 0. The van der Waals surface area contributed by atoms with Crippen LogP contribution in [-0.2, 0) is 6.54 Å². The van der Waals surface area contributed by atoms with Crippen LogP contribution in [0.1, 0.15) is 10.6 Å². The van der Waals surface area contributed by atoms with Gasteiger partial charge in [0, 0.05) is 21.2 Å². The second-order valence-corrected chi connectivity index (χ2v) is 6.03. The van der Waals surface area contributed by atoms with Crippen LogP contribution in [0, 0.1) is 10.5 Å². The highest BCUT2D eigenvalue weighted by molar-refractivity contribution is 14.1. The Morgan fingerprint density at radius 3 is 2.82 bits per heavy atom. The van der Waals surface area contributed by atoms with Crippen molar-refractivity contribution in [2.45, 2.75) is 13.5 Å². The minimum atomic E-state index is 0.806. The molecular formula is C12H14IN3S. The average molecular weight is 359 g/mol. The molecule has 1 heterocycles. The number of hydrogen-bond acceptors (Lipinski definition) is 4. The monoisotopic (exact) mass is 359 g/mol. The molecular weight excluding hydrogens is 345 g/mol. The van der Waals surface area contributed by atoms with Crippen LogP contribution in [0.15, 0.2) is 23.7 Å². The highest BCUT2D eigenvalue weighted by atomic mass is 127. The fraction of sp³-hybridized carbons (Fsp3) is 0.250. The molecule has 0 unspecified atom stereocenters. The van der Waals surface area contributed by atoms with Gasteiger partial charge in [-0.1, -0.05) is 0 Å². The fourth-order valence-corrected chi connectivity index (χ4v) is 3.39.